The minimum atomic E-state index is -1.17. The molecule has 0 saturated carbocycles. The Hall–Kier alpha value is -4.17. The predicted molar refractivity (Wildman–Crippen MR) is 159 cm³/mol. The molecule has 1 aromatic heterocycles. The number of nitrogens with two attached hydrogens (primary N) is 3. The number of nitrogens with zero attached hydrogens (tertiary/aromatic N) is 1. The van der Waals surface area contributed by atoms with Gasteiger partial charge in [-0.1, -0.05) is 18.2 Å². The SMILES string of the molecule is NCCCCC(NC(=O)C(Cc1c[nH]c2ccccc12)NC(=O)C(CCCN=C(N)N)NC(=O)C1CCCN1)C(=O)O. The fourth-order valence-electron chi connectivity index (χ4n) is 4.98. The lowest BCUT2D eigenvalue weighted by Gasteiger charge is -2.25. The molecule has 0 spiro atoms. The van der Waals surface area contributed by atoms with Gasteiger partial charge in [-0.2, -0.15) is 0 Å². The lowest BCUT2D eigenvalue weighted by molar-refractivity contribution is -0.142. The number of aromatic nitrogens is 1. The minimum absolute atomic E-state index is 0.0786. The number of carboxylic acid groups (broad SMARTS) is 1. The number of carbonyl (C=O) groups excluding carboxylic acids is 3. The first-order chi connectivity index (χ1) is 20.2. The van der Waals surface area contributed by atoms with Gasteiger partial charge in [-0.3, -0.25) is 19.4 Å². The van der Waals surface area contributed by atoms with Crippen LogP contribution in [0.2, 0.25) is 0 Å². The highest BCUT2D eigenvalue weighted by Gasteiger charge is 2.32. The van der Waals surface area contributed by atoms with Gasteiger partial charge in [0.1, 0.15) is 18.1 Å². The molecule has 0 radical (unpaired) electrons. The van der Waals surface area contributed by atoms with E-state index in [0.29, 0.717) is 38.8 Å². The second kappa shape index (κ2) is 16.3. The largest absolute Gasteiger partial charge is 0.480 e. The summed E-state index contributed by atoms with van der Waals surface area (Å²) in [7, 11) is 0. The van der Waals surface area contributed by atoms with Gasteiger partial charge < -0.3 is 48.6 Å². The van der Waals surface area contributed by atoms with Gasteiger partial charge in [-0.25, -0.2) is 4.79 Å². The maximum atomic E-state index is 13.6. The van der Waals surface area contributed by atoms with Gasteiger partial charge in [0.15, 0.2) is 5.96 Å². The van der Waals surface area contributed by atoms with E-state index in [1.165, 1.54) is 0 Å². The molecule has 3 amide bonds. The van der Waals surface area contributed by atoms with Crippen LogP contribution in [0.15, 0.2) is 35.5 Å². The number of amides is 3. The van der Waals surface area contributed by atoms with Gasteiger partial charge in [0.25, 0.3) is 0 Å². The van der Waals surface area contributed by atoms with Crippen molar-refractivity contribution in [3.63, 3.8) is 0 Å². The molecule has 2 heterocycles. The second-order valence-electron chi connectivity index (χ2n) is 10.5. The van der Waals surface area contributed by atoms with Crippen molar-refractivity contribution in [3.05, 3.63) is 36.0 Å². The van der Waals surface area contributed by atoms with Crippen LogP contribution in [0.25, 0.3) is 10.9 Å². The number of hydrogen-bond acceptors (Lipinski definition) is 7. The third-order valence-electron chi connectivity index (χ3n) is 7.25. The zero-order chi connectivity index (χ0) is 30.5. The molecular formula is C28H43N9O5. The smallest absolute Gasteiger partial charge is 0.326 e. The number of nitrogens with one attached hydrogen (secondary N) is 5. The number of H-pyrrole nitrogens is 1. The van der Waals surface area contributed by atoms with Crippen LogP contribution >= 0.6 is 0 Å². The van der Waals surface area contributed by atoms with Crippen molar-refractivity contribution < 1.29 is 24.3 Å². The molecule has 42 heavy (non-hydrogen) atoms. The first-order valence-corrected chi connectivity index (χ1v) is 14.4. The molecule has 14 heteroatoms. The fraction of sp³-hybridized carbons (Fsp3) is 0.536. The van der Waals surface area contributed by atoms with Crippen LogP contribution in [0.5, 0.6) is 0 Å². The Morgan fingerprint density at radius 1 is 0.976 bits per heavy atom. The van der Waals surface area contributed by atoms with Crippen LogP contribution in [0.3, 0.4) is 0 Å². The zero-order valence-corrected chi connectivity index (χ0v) is 23.7. The predicted octanol–water partition coefficient (Wildman–Crippen LogP) is -0.816. The Morgan fingerprint density at radius 2 is 1.69 bits per heavy atom. The molecule has 1 saturated heterocycles. The molecule has 4 atom stereocenters. The Bertz CT molecular complexity index is 1240. The van der Waals surface area contributed by atoms with Crippen molar-refractivity contribution in [1.82, 2.24) is 26.3 Å². The standard InChI is InChI=1S/C28H43N9O5/c29-12-4-3-9-22(27(41)42)36-26(40)23(15-17-16-34-19-8-2-1-7-18(17)19)37-25(39)21(11-6-14-33-28(30)31)35-24(38)20-10-5-13-32-20/h1-2,7-8,16,20-23,32,34H,3-6,9-15,29H2,(H,35,38)(H,36,40)(H,37,39)(H,41,42)(H4,30,31,33). The average molecular weight is 586 g/mol. The van der Waals surface area contributed by atoms with Gasteiger partial charge in [0.05, 0.1) is 6.04 Å². The van der Waals surface area contributed by atoms with Crippen LogP contribution in [-0.4, -0.2) is 83.5 Å². The van der Waals surface area contributed by atoms with E-state index >= 15 is 0 Å². The third kappa shape index (κ3) is 9.73. The van der Waals surface area contributed by atoms with E-state index in [1.54, 1.807) is 6.20 Å². The molecule has 1 aliphatic rings. The number of hydrogen-bond donors (Lipinski definition) is 9. The lowest BCUT2D eigenvalue weighted by atomic mass is 10.0. The van der Waals surface area contributed by atoms with E-state index < -0.39 is 42.0 Å². The monoisotopic (exact) mass is 585 g/mol. The molecular weight excluding hydrogens is 542 g/mol. The molecule has 230 valence electrons. The summed E-state index contributed by atoms with van der Waals surface area (Å²) in [6.07, 6.45) is 5.31. The summed E-state index contributed by atoms with van der Waals surface area (Å²) in [6, 6.07) is 3.90. The molecule has 14 nitrogen and oxygen atoms in total. The Balaban J connectivity index is 1.81. The number of aliphatic imine (C=N–C) groups is 1. The van der Waals surface area contributed by atoms with Gasteiger partial charge in [-0.15, -0.1) is 0 Å². The first-order valence-electron chi connectivity index (χ1n) is 14.4. The summed E-state index contributed by atoms with van der Waals surface area (Å²) in [5, 5.41) is 21.9. The maximum absolute atomic E-state index is 13.6. The third-order valence-corrected chi connectivity index (χ3v) is 7.25. The molecule has 3 rings (SSSR count). The Kier molecular flexibility index (Phi) is 12.6. The van der Waals surface area contributed by atoms with Crippen molar-refractivity contribution in [2.45, 2.75) is 75.5 Å². The molecule has 1 aliphatic heterocycles. The van der Waals surface area contributed by atoms with E-state index in [-0.39, 0.29) is 37.7 Å². The zero-order valence-electron chi connectivity index (χ0n) is 23.7. The van der Waals surface area contributed by atoms with Crippen LogP contribution in [0.4, 0.5) is 0 Å². The average Bonchev–Trinajstić information content (AvgIpc) is 3.64. The van der Waals surface area contributed by atoms with E-state index in [4.69, 9.17) is 17.2 Å². The molecule has 0 aliphatic carbocycles. The topological polar surface area (TPSA) is 243 Å². The highest BCUT2D eigenvalue weighted by Crippen LogP contribution is 2.19. The van der Waals surface area contributed by atoms with Crippen molar-refractivity contribution in [3.8, 4) is 0 Å². The lowest BCUT2D eigenvalue weighted by Crippen LogP contribution is -2.57. The van der Waals surface area contributed by atoms with Gasteiger partial charge in [0.2, 0.25) is 17.7 Å². The van der Waals surface area contributed by atoms with E-state index in [0.717, 1.165) is 22.9 Å². The van der Waals surface area contributed by atoms with Gasteiger partial charge >= 0.3 is 5.97 Å². The van der Waals surface area contributed by atoms with E-state index in [9.17, 15) is 24.3 Å². The summed E-state index contributed by atoms with van der Waals surface area (Å²) in [5.41, 5.74) is 18.0. The number of para-hydroxylation sites is 1. The fourth-order valence-corrected chi connectivity index (χ4v) is 4.98. The first kappa shape index (κ1) is 32.3. The molecule has 2 aromatic rings. The number of guanidine groups is 1. The van der Waals surface area contributed by atoms with Crippen molar-refractivity contribution >= 4 is 40.6 Å². The van der Waals surface area contributed by atoms with Gasteiger partial charge in [-0.05, 0) is 69.7 Å². The summed E-state index contributed by atoms with van der Waals surface area (Å²) in [5.74, 6) is -2.77. The van der Waals surface area contributed by atoms with Crippen molar-refractivity contribution in [2.75, 3.05) is 19.6 Å². The van der Waals surface area contributed by atoms with Gasteiger partial charge in [0, 0.05) is 30.1 Å². The number of fused-ring (bicyclic) bond motifs is 1. The highest BCUT2D eigenvalue weighted by molar-refractivity contribution is 5.95. The van der Waals surface area contributed by atoms with Crippen LogP contribution < -0.4 is 38.5 Å². The number of rotatable bonds is 17. The molecule has 1 aromatic carbocycles. The molecule has 1 fully saturated rings. The Morgan fingerprint density at radius 3 is 2.38 bits per heavy atom. The van der Waals surface area contributed by atoms with Crippen LogP contribution in [0, 0.1) is 0 Å². The molecule has 4 unspecified atom stereocenters. The number of unbranched alkanes of at least 4 members (excludes halogenated alkanes) is 1. The van der Waals surface area contributed by atoms with E-state index in [2.05, 4.69) is 31.2 Å². The Labute approximate surface area is 244 Å². The number of carboxylic acids is 1. The molecule has 0 bridgehead atoms. The maximum Gasteiger partial charge on any atom is 0.326 e. The molecule has 12 N–H and O–H groups in total. The second-order valence-corrected chi connectivity index (χ2v) is 10.5. The van der Waals surface area contributed by atoms with Crippen LogP contribution in [0.1, 0.15) is 50.5 Å². The van der Waals surface area contributed by atoms with Crippen molar-refractivity contribution in [2.24, 2.45) is 22.2 Å². The van der Waals surface area contributed by atoms with E-state index in [1.807, 2.05) is 24.3 Å². The number of aromatic amines is 1. The van der Waals surface area contributed by atoms with Crippen LogP contribution in [-0.2, 0) is 25.6 Å². The van der Waals surface area contributed by atoms with Crippen molar-refractivity contribution in [1.29, 1.82) is 0 Å². The quantitative estimate of drug-likeness (QED) is 0.0639. The summed E-state index contributed by atoms with van der Waals surface area (Å²) >= 11 is 0. The number of carbonyl (C=O) groups is 4. The highest BCUT2D eigenvalue weighted by atomic mass is 16.4. The number of aliphatic carboxylic acids is 1. The summed E-state index contributed by atoms with van der Waals surface area (Å²) < 4.78 is 0. The number of benzene rings is 1. The summed E-state index contributed by atoms with van der Waals surface area (Å²) in [4.78, 5) is 59.0. The summed E-state index contributed by atoms with van der Waals surface area (Å²) in [6.45, 7) is 1.38. The minimum Gasteiger partial charge on any atom is -0.480 e. The normalized spacial score (nSPS) is 16.7.